The molecule has 1 aromatic carbocycles. The van der Waals surface area contributed by atoms with Gasteiger partial charge in [-0.15, -0.1) is 0 Å². The molecule has 27 heavy (non-hydrogen) atoms. The summed E-state index contributed by atoms with van der Waals surface area (Å²) in [6, 6.07) is 6.12. The Morgan fingerprint density at radius 1 is 1.07 bits per heavy atom. The number of nitrogens with zero attached hydrogens (tertiary/aromatic N) is 1. The summed E-state index contributed by atoms with van der Waals surface area (Å²) in [6.45, 7) is 0.414. The van der Waals surface area contributed by atoms with Gasteiger partial charge in [0.05, 0.1) is 17.4 Å². The van der Waals surface area contributed by atoms with Gasteiger partial charge >= 0.3 is 5.97 Å². The minimum absolute atomic E-state index is 0.117. The predicted octanol–water partition coefficient (Wildman–Crippen LogP) is 2.38. The summed E-state index contributed by atoms with van der Waals surface area (Å²) in [5, 5.41) is 12.4. The summed E-state index contributed by atoms with van der Waals surface area (Å²) < 4.78 is 25.6. The minimum atomic E-state index is -3.31. The first-order valence-corrected chi connectivity index (χ1v) is 11.1. The summed E-state index contributed by atoms with van der Waals surface area (Å²) in [6.07, 6.45) is 5.58. The zero-order valence-electron chi connectivity index (χ0n) is 15.3. The van der Waals surface area contributed by atoms with Gasteiger partial charge in [-0.25, -0.2) is 8.42 Å². The minimum Gasteiger partial charge on any atom is -0.481 e. The zero-order valence-corrected chi connectivity index (χ0v) is 16.1. The first-order valence-electron chi connectivity index (χ1n) is 9.52. The van der Waals surface area contributed by atoms with E-state index in [0.29, 0.717) is 37.1 Å². The number of nitrogens with one attached hydrogen (secondary N) is 1. The van der Waals surface area contributed by atoms with Crippen LogP contribution >= 0.6 is 0 Å². The molecule has 1 aromatic rings. The maximum atomic E-state index is 12.7. The first-order chi connectivity index (χ1) is 12.9. The molecule has 0 aromatic heterocycles. The van der Waals surface area contributed by atoms with E-state index >= 15 is 0 Å². The summed E-state index contributed by atoms with van der Waals surface area (Å²) >= 11 is 0. The Labute approximate surface area is 159 Å². The van der Waals surface area contributed by atoms with Crippen LogP contribution in [0.3, 0.4) is 0 Å². The molecular formula is C19H26N2O5S. The van der Waals surface area contributed by atoms with Crippen LogP contribution in [0, 0.1) is 5.92 Å². The Balaban J connectivity index is 1.77. The number of aliphatic carboxylic acids is 1. The van der Waals surface area contributed by atoms with E-state index in [0.717, 1.165) is 25.7 Å². The molecule has 2 N–H and O–H groups in total. The number of hydrogen-bond acceptors (Lipinski definition) is 4. The zero-order chi connectivity index (χ0) is 19.4. The van der Waals surface area contributed by atoms with Gasteiger partial charge in [-0.1, -0.05) is 31.7 Å². The van der Waals surface area contributed by atoms with Crippen molar-refractivity contribution in [1.29, 1.82) is 0 Å². The van der Waals surface area contributed by atoms with Crippen molar-refractivity contribution < 1.29 is 23.1 Å². The van der Waals surface area contributed by atoms with Gasteiger partial charge in [0.25, 0.3) is 5.91 Å². The van der Waals surface area contributed by atoms with Crippen LogP contribution in [0.4, 0.5) is 5.69 Å². The molecule has 0 spiro atoms. The lowest BCUT2D eigenvalue weighted by atomic mass is 9.86. The van der Waals surface area contributed by atoms with Gasteiger partial charge in [-0.3, -0.25) is 13.9 Å². The lowest BCUT2D eigenvalue weighted by Gasteiger charge is -2.27. The van der Waals surface area contributed by atoms with Gasteiger partial charge in [0.15, 0.2) is 0 Å². The van der Waals surface area contributed by atoms with E-state index in [1.807, 2.05) is 0 Å². The van der Waals surface area contributed by atoms with Crippen LogP contribution < -0.4 is 9.62 Å². The van der Waals surface area contributed by atoms with Crippen LogP contribution in [-0.2, 0) is 14.8 Å². The van der Waals surface area contributed by atoms with Gasteiger partial charge in [-0.05, 0) is 37.5 Å². The molecule has 2 aliphatic rings. The second-order valence-corrected chi connectivity index (χ2v) is 9.32. The lowest BCUT2D eigenvalue weighted by molar-refractivity contribution is -0.143. The Morgan fingerprint density at radius 3 is 2.48 bits per heavy atom. The Hall–Kier alpha value is -2.09. The number of sulfonamides is 1. The highest BCUT2D eigenvalue weighted by Gasteiger charge is 2.31. The monoisotopic (exact) mass is 394 g/mol. The van der Waals surface area contributed by atoms with Crippen LogP contribution in [-0.4, -0.2) is 43.7 Å². The van der Waals surface area contributed by atoms with Gasteiger partial charge in [0, 0.05) is 18.2 Å². The third-order valence-electron chi connectivity index (χ3n) is 5.40. The molecule has 8 heteroatoms. The van der Waals surface area contributed by atoms with Crippen LogP contribution in [0.2, 0.25) is 0 Å². The first kappa shape index (κ1) is 19.7. The number of amides is 1. The second-order valence-electron chi connectivity index (χ2n) is 7.31. The predicted molar refractivity (Wildman–Crippen MR) is 102 cm³/mol. The summed E-state index contributed by atoms with van der Waals surface area (Å²) in [5.74, 6) is -1.70. The van der Waals surface area contributed by atoms with Crippen LogP contribution in [0.15, 0.2) is 24.3 Å². The fraction of sp³-hybridized carbons (Fsp3) is 0.579. The van der Waals surface area contributed by atoms with Gasteiger partial charge in [0.2, 0.25) is 10.0 Å². The van der Waals surface area contributed by atoms with Crippen molar-refractivity contribution in [2.75, 3.05) is 16.6 Å². The molecule has 7 nitrogen and oxygen atoms in total. The molecule has 2 unspecified atom stereocenters. The normalized spacial score (nSPS) is 25.4. The molecule has 1 heterocycles. The van der Waals surface area contributed by atoms with Gasteiger partial charge in [-0.2, -0.15) is 0 Å². The number of hydrogen-bond donors (Lipinski definition) is 2. The van der Waals surface area contributed by atoms with Crippen molar-refractivity contribution in [3.63, 3.8) is 0 Å². The molecule has 1 saturated heterocycles. The average Bonchev–Trinajstić information content (AvgIpc) is 2.96. The van der Waals surface area contributed by atoms with E-state index in [2.05, 4.69) is 5.32 Å². The maximum absolute atomic E-state index is 12.7. The molecule has 3 rings (SSSR count). The second kappa shape index (κ2) is 8.29. The molecule has 148 valence electrons. The van der Waals surface area contributed by atoms with E-state index in [4.69, 9.17) is 0 Å². The van der Waals surface area contributed by atoms with E-state index in [1.165, 1.54) is 4.31 Å². The van der Waals surface area contributed by atoms with Crippen molar-refractivity contribution in [3.05, 3.63) is 29.8 Å². The maximum Gasteiger partial charge on any atom is 0.308 e. The molecule has 0 bridgehead atoms. The number of anilines is 1. The molecule has 2 fully saturated rings. The summed E-state index contributed by atoms with van der Waals surface area (Å²) in [7, 11) is -3.31. The topological polar surface area (TPSA) is 104 Å². The van der Waals surface area contributed by atoms with E-state index in [1.54, 1.807) is 24.3 Å². The number of carbonyl (C=O) groups excluding carboxylic acids is 1. The number of rotatable bonds is 4. The smallest absolute Gasteiger partial charge is 0.308 e. The fourth-order valence-electron chi connectivity index (χ4n) is 3.94. The highest BCUT2D eigenvalue weighted by molar-refractivity contribution is 7.93. The largest absolute Gasteiger partial charge is 0.481 e. The van der Waals surface area contributed by atoms with Crippen molar-refractivity contribution in [2.45, 2.75) is 51.0 Å². The fourth-order valence-corrected chi connectivity index (χ4v) is 5.49. The molecule has 0 radical (unpaired) electrons. The average molecular weight is 394 g/mol. The molecule has 1 aliphatic heterocycles. The third-order valence-corrected chi connectivity index (χ3v) is 7.26. The van der Waals surface area contributed by atoms with E-state index in [9.17, 15) is 23.1 Å². The number of carbonyl (C=O) groups is 2. The van der Waals surface area contributed by atoms with Crippen molar-refractivity contribution >= 4 is 27.6 Å². The Morgan fingerprint density at radius 2 is 1.81 bits per heavy atom. The molecule has 2 atom stereocenters. The summed E-state index contributed by atoms with van der Waals surface area (Å²) in [5.41, 5.74) is 0.827. The van der Waals surface area contributed by atoms with Crippen LogP contribution in [0.5, 0.6) is 0 Å². The molecule has 1 amide bonds. The van der Waals surface area contributed by atoms with Crippen molar-refractivity contribution in [2.24, 2.45) is 5.92 Å². The molecular weight excluding hydrogens is 368 g/mol. The lowest BCUT2D eigenvalue weighted by Crippen LogP contribution is -2.44. The summed E-state index contributed by atoms with van der Waals surface area (Å²) in [4.78, 5) is 24.4. The van der Waals surface area contributed by atoms with Gasteiger partial charge in [0.1, 0.15) is 0 Å². The van der Waals surface area contributed by atoms with E-state index < -0.39 is 28.0 Å². The van der Waals surface area contributed by atoms with E-state index in [-0.39, 0.29) is 11.7 Å². The number of benzene rings is 1. The third kappa shape index (κ3) is 4.61. The quantitative estimate of drug-likeness (QED) is 0.816. The van der Waals surface area contributed by atoms with Crippen molar-refractivity contribution in [1.82, 2.24) is 5.32 Å². The van der Waals surface area contributed by atoms with Crippen LogP contribution in [0.25, 0.3) is 0 Å². The number of carboxylic acids is 1. The SMILES string of the molecule is O=C(NC1CCCCCCC1C(=O)O)c1cccc(N2CCCS2(=O)=O)c1. The Kier molecular flexibility index (Phi) is 6.04. The molecule has 1 saturated carbocycles. The highest BCUT2D eigenvalue weighted by Crippen LogP contribution is 2.26. The molecule has 1 aliphatic carbocycles. The highest BCUT2D eigenvalue weighted by atomic mass is 32.2. The van der Waals surface area contributed by atoms with Crippen LogP contribution in [0.1, 0.15) is 55.3 Å². The van der Waals surface area contributed by atoms with Crippen molar-refractivity contribution in [3.8, 4) is 0 Å². The standard InChI is InChI=1S/C19H26N2O5S/c22-18(20-17-10-4-2-1-3-9-16(17)19(23)24)14-7-5-8-15(13-14)21-11-6-12-27(21,25)26/h5,7-8,13,16-17H,1-4,6,9-12H2,(H,20,22)(H,23,24). The van der Waals surface area contributed by atoms with Gasteiger partial charge < -0.3 is 10.4 Å². The number of carboxylic acid groups (broad SMARTS) is 1. The Bertz CT molecular complexity index is 808.